The number of ketones is 1. The fraction of sp³-hybridized carbons (Fsp3) is 0.118. The Labute approximate surface area is 131 Å². The standard InChI is InChI=1S/C17H14BrNO2/c1-19-7-6-14(10-19)17(20)11-21-16-5-3-12-8-15(18)4-2-13(12)9-16/h2-10H,11H2,1H3. The molecule has 0 spiro atoms. The van der Waals surface area contributed by atoms with E-state index in [4.69, 9.17) is 4.74 Å². The summed E-state index contributed by atoms with van der Waals surface area (Å²) in [5.41, 5.74) is 0.669. The molecule has 0 aliphatic carbocycles. The number of rotatable bonds is 4. The van der Waals surface area contributed by atoms with Gasteiger partial charge in [-0.15, -0.1) is 0 Å². The van der Waals surface area contributed by atoms with Crippen LogP contribution in [0.5, 0.6) is 5.75 Å². The normalized spacial score (nSPS) is 10.8. The molecule has 3 rings (SSSR count). The van der Waals surface area contributed by atoms with Crippen LogP contribution in [0.3, 0.4) is 0 Å². The van der Waals surface area contributed by atoms with Crippen molar-refractivity contribution in [1.82, 2.24) is 4.57 Å². The summed E-state index contributed by atoms with van der Waals surface area (Å²) in [5.74, 6) is 0.681. The van der Waals surface area contributed by atoms with Crippen LogP contribution in [0.25, 0.3) is 10.8 Å². The molecule has 0 aliphatic rings. The number of carbonyl (C=O) groups is 1. The molecule has 2 aromatic carbocycles. The molecule has 0 unspecified atom stereocenters. The first kappa shape index (κ1) is 13.9. The van der Waals surface area contributed by atoms with Crippen LogP contribution < -0.4 is 4.74 Å². The molecule has 0 atom stereocenters. The zero-order chi connectivity index (χ0) is 14.8. The minimum Gasteiger partial charge on any atom is -0.485 e. The van der Waals surface area contributed by atoms with Gasteiger partial charge in [-0.25, -0.2) is 0 Å². The lowest BCUT2D eigenvalue weighted by atomic mass is 10.1. The van der Waals surface area contributed by atoms with Gasteiger partial charge < -0.3 is 9.30 Å². The van der Waals surface area contributed by atoms with Crippen molar-refractivity contribution in [1.29, 1.82) is 0 Å². The summed E-state index contributed by atoms with van der Waals surface area (Å²) in [4.78, 5) is 12.0. The lowest BCUT2D eigenvalue weighted by Gasteiger charge is -2.06. The van der Waals surface area contributed by atoms with Gasteiger partial charge in [-0.2, -0.15) is 0 Å². The highest BCUT2D eigenvalue weighted by molar-refractivity contribution is 9.10. The second-order valence-electron chi connectivity index (χ2n) is 4.93. The largest absolute Gasteiger partial charge is 0.485 e. The number of carbonyl (C=O) groups excluding carboxylic acids is 1. The van der Waals surface area contributed by atoms with Crippen LogP contribution in [0.15, 0.2) is 59.3 Å². The molecule has 0 amide bonds. The maximum absolute atomic E-state index is 12.0. The van der Waals surface area contributed by atoms with Gasteiger partial charge in [0.15, 0.2) is 6.61 Å². The topological polar surface area (TPSA) is 31.2 Å². The summed E-state index contributed by atoms with van der Waals surface area (Å²) in [7, 11) is 1.89. The first-order valence-electron chi connectivity index (χ1n) is 6.59. The smallest absolute Gasteiger partial charge is 0.201 e. The molecule has 0 N–H and O–H groups in total. The van der Waals surface area contributed by atoms with Gasteiger partial charge in [0.05, 0.1) is 0 Å². The van der Waals surface area contributed by atoms with Crippen molar-refractivity contribution in [2.45, 2.75) is 0 Å². The van der Waals surface area contributed by atoms with Gasteiger partial charge in [0.2, 0.25) is 5.78 Å². The average Bonchev–Trinajstić information content (AvgIpc) is 2.91. The number of aromatic nitrogens is 1. The maximum Gasteiger partial charge on any atom is 0.201 e. The molecular formula is C17H14BrNO2. The van der Waals surface area contributed by atoms with Gasteiger partial charge in [0, 0.05) is 29.5 Å². The zero-order valence-electron chi connectivity index (χ0n) is 11.5. The van der Waals surface area contributed by atoms with Crippen LogP contribution in [0.4, 0.5) is 0 Å². The van der Waals surface area contributed by atoms with Crippen LogP contribution >= 0.6 is 15.9 Å². The Morgan fingerprint density at radius 2 is 1.90 bits per heavy atom. The molecule has 21 heavy (non-hydrogen) atoms. The number of benzene rings is 2. The van der Waals surface area contributed by atoms with Crippen molar-refractivity contribution in [3.8, 4) is 5.75 Å². The molecule has 106 valence electrons. The fourth-order valence-electron chi connectivity index (χ4n) is 2.18. The van der Waals surface area contributed by atoms with Crippen LogP contribution in [0.1, 0.15) is 10.4 Å². The van der Waals surface area contributed by atoms with E-state index in [1.807, 2.05) is 54.2 Å². The Hall–Kier alpha value is -2.07. The van der Waals surface area contributed by atoms with E-state index in [9.17, 15) is 4.79 Å². The molecule has 1 heterocycles. The molecule has 0 saturated heterocycles. The first-order chi connectivity index (χ1) is 10.1. The van der Waals surface area contributed by atoms with E-state index in [2.05, 4.69) is 15.9 Å². The van der Waals surface area contributed by atoms with E-state index >= 15 is 0 Å². The Bertz CT molecular complexity index is 807. The molecule has 4 heteroatoms. The Balaban J connectivity index is 1.73. The number of nitrogens with zero attached hydrogens (tertiary/aromatic N) is 1. The number of aryl methyl sites for hydroxylation is 1. The second kappa shape index (κ2) is 5.74. The highest BCUT2D eigenvalue weighted by atomic mass is 79.9. The van der Waals surface area contributed by atoms with Gasteiger partial charge in [0.25, 0.3) is 0 Å². The van der Waals surface area contributed by atoms with E-state index in [0.29, 0.717) is 11.3 Å². The number of halogens is 1. The lowest BCUT2D eigenvalue weighted by Crippen LogP contribution is -2.10. The third kappa shape index (κ3) is 3.16. The van der Waals surface area contributed by atoms with Crippen molar-refractivity contribution >= 4 is 32.5 Å². The van der Waals surface area contributed by atoms with Gasteiger partial charge in [-0.1, -0.05) is 28.1 Å². The van der Waals surface area contributed by atoms with E-state index in [-0.39, 0.29) is 12.4 Å². The van der Waals surface area contributed by atoms with Crippen molar-refractivity contribution in [3.05, 3.63) is 64.9 Å². The minimum absolute atomic E-state index is 0.0218. The van der Waals surface area contributed by atoms with Crippen molar-refractivity contribution in [2.24, 2.45) is 7.05 Å². The SMILES string of the molecule is Cn1ccc(C(=O)COc2ccc3cc(Br)ccc3c2)c1. The highest BCUT2D eigenvalue weighted by Crippen LogP contribution is 2.24. The summed E-state index contributed by atoms with van der Waals surface area (Å²) in [6, 6.07) is 13.7. The molecule has 0 radical (unpaired) electrons. The van der Waals surface area contributed by atoms with Crippen LogP contribution in [-0.2, 0) is 7.05 Å². The van der Waals surface area contributed by atoms with Crippen molar-refractivity contribution < 1.29 is 9.53 Å². The summed E-state index contributed by atoms with van der Waals surface area (Å²) >= 11 is 3.45. The number of hydrogen-bond acceptors (Lipinski definition) is 2. The molecule has 0 fully saturated rings. The molecule has 1 aromatic heterocycles. The Morgan fingerprint density at radius 1 is 1.14 bits per heavy atom. The monoisotopic (exact) mass is 343 g/mol. The van der Waals surface area contributed by atoms with Gasteiger partial charge in [0.1, 0.15) is 5.75 Å². The molecule has 0 bridgehead atoms. The van der Waals surface area contributed by atoms with Gasteiger partial charge in [-0.05, 0) is 41.1 Å². The van der Waals surface area contributed by atoms with Crippen LogP contribution in [-0.4, -0.2) is 17.0 Å². The Morgan fingerprint density at radius 3 is 2.67 bits per heavy atom. The van der Waals surface area contributed by atoms with E-state index in [1.54, 1.807) is 12.3 Å². The van der Waals surface area contributed by atoms with Gasteiger partial charge >= 0.3 is 0 Å². The Kier molecular flexibility index (Phi) is 3.80. The minimum atomic E-state index is -0.0218. The summed E-state index contributed by atoms with van der Waals surface area (Å²) in [6.07, 6.45) is 3.64. The maximum atomic E-state index is 12.0. The quantitative estimate of drug-likeness (QED) is 0.664. The van der Waals surface area contributed by atoms with E-state index in [0.717, 1.165) is 15.2 Å². The lowest BCUT2D eigenvalue weighted by molar-refractivity contribution is 0.0921. The second-order valence-corrected chi connectivity index (χ2v) is 5.85. The zero-order valence-corrected chi connectivity index (χ0v) is 13.1. The number of ether oxygens (including phenoxy) is 1. The fourth-order valence-corrected chi connectivity index (χ4v) is 2.56. The summed E-state index contributed by atoms with van der Waals surface area (Å²) in [5, 5.41) is 2.22. The molecule has 0 aliphatic heterocycles. The molecule has 0 saturated carbocycles. The first-order valence-corrected chi connectivity index (χ1v) is 7.38. The number of fused-ring (bicyclic) bond motifs is 1. The summed E-state index contributed by atoms with van der Waals surface area (Å²) < 4.78 is 8.49. The van der Waals surface area contributed by atoms with E-state index < -0.39 is 0 Å². The highest BCUT2D eigenvalue weighted by Gasteiger charge is 2.08. The predicted molar refractivity (Wildman–Crippen MR) is 86.9 cm³/mol. The predicted octanol–water partition coefficient (Wildman–Crippen LogP) is 4.20. The van der Waals surface area contributed by atoms with Crippen molar-refractivity contribution in [2.75, 3.05) is 6.61 Å². The average molecular weight is 344 g/mol. The molecular weight excluding hydrogens is 330 g/mol. The molecule has 3 aromatic rings. The van der Waals surface area contributed by atoms with Crippen LogP contribution in [0, 0.1) is 0 Å². The third-order valence-corrected chi connectivity index (χ3v) is 3.79. The summed E-state index contributed by atoms with van der Waals surface area (Å²) in [6.45, 7) is 0.0477. The molecule has 3 nitrogen and oxygen atoms in total. The van der Waals surface area contributed by atoms with Crippen LogP contribution in [0.2, 0.25) is 0 Å². The van der Waals surface area contributed by atoms with Crippen molar-refractivity contribution in [3.63, 3.8) is 0 Å². The third-order valence-electron chi connectivity index (χ3n) is 3.30. The van der Waals surface area contributed by atoms with E-state index in [1.165, 1.54) is 0 Å². The number of hydrogen-bond donors (Lipinski definition) is 0. The number of Topliss-reactive ketones (excluding diaryl/α,β-unsaturated/α-hetero) is 1. The van der Waals surface area contributed by atoms with Gasteiger partial charge in [-0.3, -0.25) is 4.79 Å².